The Morgan fingerprint density at radius 3 is 2.19 bits per heavy atom. The number of ether oxygens (including phenoxy) is 3. The number of nitrogens with one attached hydrogen (secondary N) is 1. The van der Waals surface area contributed by atoms with Crippen LogP contribution in [0.15, 0.2) is 12.1 Å². The summed E-state index contributed by atoms with van der Waals surface area (Å²) in [4.78, 5) is 12.4. The molecule has 118 valence electrons. The van der Waals surface area contributed by atoms with E-state index in [0.29, 0.717) is 28.7 Å². The summed E-state index contributed by atoms with van der Waals surface area (Å²) in [5.74, 6) is 1.55. The Labute approximate surface area is 126 Å². The van der Waals surface area contributed by atoms with Crippen LogP contribution in [0, 0.1) is 5.92 Å². The maximum Gasteiger partial charge on any atom is 0.255 e. The molecular formula is C16H25NO4. The average molecular weight is 295 g/mol. The van der Waals surface area contributed by atoms with E-state index in [1.807, 2.05) is 6.92 Å². The molecule has 2 unspecified atom stereocenters. The second-order valence-electron chi connectivity index (χ2n) is 5.03. The highest BCUT2D eigenvalue weighted by atomic mass is 16.5. The van der Waals surface area contributed by atoms with Crippen molar-refractivity contribution >= 4 is 5.91 Å². The zero-order valence-corrected chi connectivity index (χ0v) is 13.6. The molecule has 0 aliphatic carbocycles. The first kappa shape index (κ1) is 17.1. The Morgan fingerprint density at radius 1 is 1.10 bits per heavy atom. The van der Waals surface area contributed by atoms with Gasteiger partial charge in [0.25, 0.3) is 5.91 Å². The van der Waals surface area contributed by atoms with Gasteiger partial charge in [-0.1, -0.05) is 20.3 Å². The molecular weight excluding hydrogens is 270 g/mol. The van der Waals surface area contributed by atoms with Crippen LogP contribution in [-0.4, -0.2) is 33.3 Å². The summed E-state index contributed by atoms with van der Waals surface area (Å²) in [6, 6.07) is 3.46. The third-order valence-corrected chi connectivity index (χ3v) is 3.81. The van der Waals surface area contributed by atoms with Gasteiger partial charge in [-0.2, -0.15) is 0 Å². The topological polar surface area (TPSA) is 56.8 Å². The van der Waals surface area contributed by atoms with Crippen molar-refractivity contribution in [2.24, 2.45) is 5.92 Å². The van der Waals surface area contributed by atoms with Gasteiger partial charge in [-0.15, -0.1) is 0 Å². The number of benzene rings is 1. The lowest BCUT2D eigenvalue weighted by atomic mass is 10.0. The predicted molar refractivity (Wildman–Crippen MR) is 82.5 cm³/mol. The van der Waals surface area contributed by atoms with Crippen LogP contribution in [-0.2, 0) is 0 Å². The van der Waals surface area contributed by atoms with E-state index in [9.17, 15) is 4.79 Å². The van der Waals surface area contributed by atoms with Crippen molar-refractivity contribution in [1.82, 2.24) is 5.32 Å². The van der Waals surface area contributed by atoms with E-state index < -0.39 is 0 Å². The summed E-state index contributed by atoms with van der Waals surface area (Å²) < 4.78 is 15.8. The first-order valence-electron chi connectivity index (χ1n) is 7.09. The largest absolute Gasteiger partial charge is 0.493 e. The Balaban J connectivity index is 3.10. The molecule has 0 bridgehead atoms. The van der Waals surface area contributed by atoms with Crippen molar-refractivity contribution in [1.29, 1.82) is 0 Å². The van der Waals surface area contributed by atoms with Crippen LogP contribution in [0.2, 0.25) is 0 Å². The molecule has 0 aliphatic rings. The van der Waals surface area contributed by atoms with Gasteiger partial charge in [0.2, 0.25) is 5.75 Å². The van der Waals surface area contributed by atoms with Crippen LogP contribution >= 0.6 is 0 Å². The van der Waals surface area contributed by atoms with Crippen LogP contribution in [0.25, 0.3) is 0 Å². The summed E-state index contributed by atoms with van der Waals surface area (Å²) in [6.07, 6.45) is 1.00. The Kier molecular flexibility index (Phi) is 6.34. The third-order valence-electron chi connectivity index (χ3n) is 3.81. The van der Waals surface area contributed by atoms with Crippen molar-refractivity contribution in [2.45, 2.75) is 33.2 Å². The highest BCUT2D eigenvalue weighted by molar-refractivity contribution is 5.98. The van der Waals surface area contributed by atoms with Crippen molar-refractivity contribution in [3.8, 4) is 17.2 Å². The lowest BCUT2D eigenvalue weighted by Gasteiger charge is -2.21. The summed E-state index contributed by atoms with van der Waals surface area (Å²) in [5, 5.41) is 3.00. The molecule has 0 aromatic heterocycles. The normalized spacial score (nSPS) is 13.2. The summed E-state index contributed by atoms with van der Waals surface area (Å²) >= 11 is 0. The molecule has 0 radical (unpaired) electrons. The van der Waals surface area contributed by atoms with E-state index in [1.54, 1.807) is 19.2 Å². The number of hydrogen-bond donors (Lipinski definition) is 1. The van der Waals surface area contributed by atoms with E-state index in [2.05, 4.69) is 19.2 Å². The van der Waals surface area contributed by atoms with Crippen molar-refractivity contribution in [3.05, 3.63) is 17.7 Å². The molecule has 1 amide bonds. The minimum Gasteiger partial charge on any atom is -0.493 e. The van der Waals surface area contributed by atoms with E-state index in [1.165, 1.54) is 14.2 Å². The van der Waals surface area contributed by atoms with E-state index in [-0.39, 0.29) is 11.9 Å². The number of carbonyl (C=O) groups is 1. The van der Waals surface area contributed by atoms with Gasteiger partial charge in [0.1, 0.15) is 0 Å². The van der Waals surface area contributed by atoms with Gasteiger partial charge < -0.3 is 19.5 Å². The molecule has 0 saturated carbocycles. The molecule has 1 rings (SSSR count). The zero-order valence-electron chi connectivity index (χ0n) is 13.6. The highest BCUT2D eigenvalue weighted by Crippen LogP contribution is 2.39. The number of methoxy groups -OCH3 is 3. The molecule has 0 heterocycles. The van der Waals surface area contributed by atoms with Gasteiger partial charge in [0.15, 0.2) is 11.5 Å². The number of amides is 1. The third kappa shape index (κ3) is 3.80. The fourth-order valence-corrected chi connectivity index (χ4v) is 2.06. The number of carbonyl (C=O) groups excluding carboxylic acids is 1. The average Bonchev–Trinajstić information content (AvgIpc) is 2.51. The Hall–Kier alpha value is -1.91. The molecule has 0 saturated heterocycles. The minimum atomic E-state index is -0.180. The Bertz CT molecular complexity index is 487. The molecule has 0 spiro atoms. The number of rotatable bonds is 7. The summed E-state index contributed by atoms with van der Waals surface area (Å²) in [7, 11) is 4.57. The first-order chi connectivity index (χ1) is 9.99. The molecule has 0 aliphatic heterocycles. The number of hydrogen-bond acceptors (Lipinski definition) is 4. The van der Waals surface area contributed by atoms with Crippen LogP contribution in [0.1, 0.15) is 37.6 Å². The standard InChI is InChI=1S/C16H25NO4/c1-7-10(2)11(3)17-16(18)12-8-9-13(19-4)15(21-6)14(12)20-5/h8-11H,7H2,1-6H3,(H,17,18). The molecule has 1 aromatic rings. The van der Waals surface area contributed by atoms with Crippen LogP contribution < -0.4 is 19.5 Å². The summed E-state index contributed by atoms with van der Waals surface area (Å²) in [5.41, 5.74) is 0.435. The molecule has 1 N–H and O–H groups in total. The second kappa shape index (κ2) is 7.76. The SMILES string of the molecule is CCC(C)C(C)NC(=O)c1ccc(OC)c(OC)c1OC. The van der Waals surface area contributed by atoms with Gasteiger partial charge in [-0.25, -0.2) is 0 Å². The van der Waals surface area contributed by atoms with Crippen molar-refractivity contribution in [3.63, 3.8) is 0 Å². The molecule has 2 atom stereocenters. The smallest absolute Gasteiger partial charge is 0.255 e. The van der Waals surface area contributed by atoms with E-state index >= 15 is 0 Å². The monoisotopic (exact) mass is 295 g/mol. The quantitative estimate of drug-likeness (QED) is 0.840. The Morgan fingerprint density at radius 2 is 1.71 bits per heavy atom. The highest BCUT2D eigenvalue weighted by Gasteiger charge is 2.22. The second-order valence-corrected chi connectivity index (χ2v) is 5.03. The van der Waals surface area contributed by atoms with Crippen LogP contribution in [0.3, 0.4) is 0 Å². The fourth-order valence-electron chi connectivity index (χ4n) is 2.06. The zero-order chi connectivity index (χ0) is 16.0. The fraction of sp³-hybridized carbons (Fsp3) is 0.562. The lowest BCUT2D eigenvalue weighted by Crippen LogP contribution is -2.37. The van der Waals surface area contributed by atoms with Gasteiger partial charge in [0.05, 0.1) is 26.9 Å². The maximum atomic E-state index is 12.4. The summed E-state index contributed by atoms with van der Waals surface area (Å²) in [6.45, 7) is 6.21. The van der Waals surface area contributed by atoms with Gasteiger partial charge in [-0.3, -0.25) is 4.79 Å². The molecule has 5 nitrogen and oxygen atoms in total. The van der Waals surface area contributed by atoms with Gasteiger partial charge in [-0.05, 0) is 25.0 Å². The predicted octanol–water partition coefficient (Wildman–Crippen LogP) is 2.88. The van der Waals surface area contributed by atoms with Crippen molar-refractivity contribution < 1.29 is 19.0 Å². The lowest BCUT2D eigenvalue weighted by molar-refractivity contribution is 0.0924. The van der Waals surface area contributed by atoms with Gasteiger partial charge >= 0.3 is 0 Å². The van der Waals surface area contributed by atoms with Gasteiger partial charge in [0, 0.05) is 6.04 Å². The van der Waals surface area contributed by atoms with Crippen LogP contribution in [0.4, 0.5) is 0 Å². The molecule has 0 fully saturated rings. The van der Waals surface area contributed by atoms with E-state index in [0.717, 1.165) is 6.42 Å². The van der Waals surface area contributed by atoms with E-state index in [4.69, 9.17) is 14.2 Å². The molecule has 21 heavy (non-hydrogen) atoms. The minimum absolute atomic E-state index is 0.0836. The molecule has 5 heteroatoms. The van der Waals surface area contributed by atoms with Crippen LogP contribution in [0.5, 0.6) is 17.2 Å². The molecule has 1 aromatic carbocycles. The maximum absolute atomic E-state index is 12.4. The van der Waals surface area contributed by atoms with Crippen molar-refractivity contribution in [2.75, 3.05) is 21.3 Å². The first-order valence-corrected chi connectivity index (χ1v) is 7.09.